The van der Waals surface area contributed by atoms with Crippen molar-refractivity contribution < 1.29 is 14.3 Å². The van der Waals surface area contributed by atoms with Gasteiger partial charge in [-0.15, -0.1) is 0 Å². The Bertz CT molecular complexity index is 338. The molecule has 1 aliphatic heterocycles. The molecule has 2 aliphatic rings. The van der Waals surface area contributed by atoms with Gasteiger partial charge in [-0.3, -0.25) is 4.90 Å². The summed E-state index contributed by atoms with van der Waals surface area (Å²) in [4.78, 5) is 14.0. The predicted octanol–water partition coefficient (Wildman–Crippen LogP) is 2.14. The first-order chi connectivity index (χ1) is 9.26. The Hall–Kier alpha value is -0.870. The van der Waals surface area contributed by atoms with Crippen molar-refractivity contribution in [3.05, 3.63) is 11.6 Å². The van der Waals surface area contributed by atoms with E-state index in [1.807, 2.05) is 13.0 Å². The van der Waals surface area contributed by atoms with Gasteiger partial charge in [-0.1, -0.05) is 25.8 Å². The lowest BCUT2D eigenvalue weighted by atomic mass is 9.90. The van der Waals surface area contributed by atoms with Gasteiger partial charge in [0.1, 0.15) is 0 Å². The number of ether oxygens (including phenoxy) is 2. The Morgan fingerprint density at radius 3 is 2.95 bits per heavy atom. The van der Waals surface area contributed by atoms with E-state index in [0.717, 1.165) is 31.7 Å². The van der Waals surface area contributed by atoms with Crippen molar-refractivity contribution in [2.45, 2.75) is 51.2 Å². The summed E-state index contributed by atoms with van der Waals surface area (Å²) in [5.74, 6) is -0.198. The van der Waals surface area contributed by atoms with Crippen LogP contribution in [0.4, 0.5) is 0 Å². The molecule has 0 radical (unpaired) electrons. The SMILES string of the molecule is CCC(=CCN1CCOC2CCCCC21)C(=O)OC. The number of hydrogen-bond acceptors (Lipinski definition) is 4. The van der Waals surface area contributed by atoms with Gasteiger partial charge in [0, 0.05) is 24.7 Å². The van der Waals surface area contributed by atoms with Crippen LogP contribution in [0.3, 0.4) is 0 Å². The van der Waals surface area contributed by atoms with E-state index in [2.05, 4.69) is 4.90 Å². The summed E-state index contributed by atoms with van der Waals surface area (Å²) in [5.41, 5.74) is 0.779. The Balaban J connectivity index is 1.96. The molecule has 1 saturated carbocycles. The molecule has 4 heteroatoms. The standard InChI is InChI=1S/C15H25NO3/c1-3-12(15(17)18-2)8-9-16-10-11-19-14-7-5-4-6-13(14)16/h8,13-14H,3-7,9-11H2,1-2H3. The summed E-state index contributed by atoms with van der Waals surface area (Å²) in [7, 11) is 1.44. The van der Waals surface area contributed by atoms with Crippen LogP contribution in [0.1, 0.15) is 39.0 Å². The number of carbonyl (C=O) groups excluding carboxylic acids is 1. The van der Waals surface area contributed by atoms with Crippen LogP contribution in [0.15, 0.2) is 11.6 Å². The molecule has 2 atom stereocenters. The van der Waals surface area contributed by atoms with Crippen LogP contribution in [0.5, 0.6) is 0 Å². The monoisotopic (exact) mass is 267 g/mol. The number of carbonyl (C=O) groups is 1. The minimum absolute atomic E-state index is 0.198. The number of methoxy groups -OCH3 is 1. The molecular formula is C15H25NO3. The number of fused-ring (bicyclic) bond motifs is 1. The highest BCUT2D eigenvalue weighted by Gasteiger charge is 2.33. The van der Waals surface area contributed by atoms with Gasteiger partial charge < -0.3 is 9.47 Å². The second-order valence-electron chi connectivity index (χ2n) is 5.33. The molecule has 0 spiro atoms. The van der Waals surface area contributed by atoms with Crippen LogP contribution in [-0.2, 0) is 14.3 Å². The van der Waals surface area contributed by atoms with Crippen molar-refractivity contribution in [3.63, 3.8) is 0 Å². The number of hydrogen-bond donors (Lipinski definition) is 0. The first-order valence-electron chi connectivity index (χ1n) is 7.39. The quantitative estimate of drug-likeness (QED) is 0.578. The van der Waals surface area contributed by atoms with Crippen LogP contribution < -0.4 is 0 Å². The predicted molar refractivity (Wildman–Crippen MR) is 74.0 cm³/mol. The third-order valence-corrected chi connectivity index (χ3v) is 4.25. The number of nitrogens with zero attached hydrogens (tertiary/aromatic N) is 1. The molecule has 1 heterocycles. The smallest absolute Gasteiger partial charge is 0.333 e. The van der Waals surface area contributed by atoms with Gasteiger partial charge in [0.2, 0.25) is 0 Å². The van der Waals surface area contributed by atoms with Crippen molar-refractivity contribution in [2.24, 2.45) is 0 Å². The summed E-state index contributed by atoms with van der Waals surface area (Å²) < 4.78 is 10.7. The number of morpholine rings is 1. The van der Waals surface area contributed by atoms with E-state index in [9.17, 15) is 4.79 Å². The molecule has 2 fully saturated rings. The maximum absolute atomic E-state index is 11.6. The van der Waals surface area contributed by atoms with Crippen LogP contribution in [-0.4, -0.2) is 49.8 Å². The second kappa shape index (κ2) is 7.06. The summed E-state index contributed by atoms with van der Waals surface area (Å²) in [5, 5.41) is 0. The molecule has 1 saturated heterocycles. The van der Waals surface area contributed by atoms with Gasteiger partial charge in [0.05, 0.1) is 19.8 Å². The van der Waals surface area contributed by atoms with Gasteiger partial charge in [-0.05, 0) is 19.3 Å². The molecule has 0 aromatic carbocycles. The van der Waals surface area contributed by atoms with E-state index in [1.54, 1.807) is 0 Å². The molecular weight excluding hydrogens is 242 g/mol. The summed E-state index contributed by atoms with van der Waals surface area (Å²) in [6, 6.07) is 0.537. The molecule has 108 valence electrons. The highest BCUT2D eigenvalue weighted by Crippen LogP contribution is 2.28. The molecule has 2 unspecified atom stereocenters. The number of esters is 1. The Morgan fingerprint density at radius 2 is 2.21 bits per heavy atom. The summed E-state index contributed by atoms with van der Waals surface area (Å²) in [6.07, 6.45) is 8.14. The fraction of sp³-hybridized carbons (Fsp3) is 0.800. The Morgan fingerprint density at radius 1 is 1.42 bits per heavy atom. The van der Waals surface area contributed by atoms with Crippen molar-refractivity contribution in [1.29, 1.82) is 0 Å². The zero-order valence-electron chi connectivity index (χ0n) is 12.1. The largest absolute Gasteiger partial charge is 0.466 e. The van der Waals surface area contributed by atoms with Crippen molar-refractivity contribution in [3.8, 4) is 0 Å². The molecule has 19 heavy (non-hydrogen) atoms. The molecule has 0 N–H and O–H groups in total. The van der Waals surface area contributed by atoms with E-state index < -0.39 is 0 Å². The lowest BCUT2D eigenvalue weighted by molar-refractivity contribution is -0.136. The van der Waals surface area contributed by atoms with E-state index in [-0.39, 0.29) is 5.97 Å². The molecule has 0 aromatic rings. The first kappa shape index (κ1) is 14.5. The lowest BCUT2D eigenvalue weighted by Crippen LogP contribution is -2.52. The maximum Gasteiger partial charge on any atom is 0.333 e. The third kappa shape index (κ3) is 3.57. The summed E-state index contributed by atoms with van der Waals surface area (Å²) >= 11 is 0. The average Bonchev–Trinajstić information content (AvgIpc) is 2.47. The fourth-order valence-electron chi connectivity index (χ4n) is 3.13. The number of rotatable bonds is 4. The van der Waals surface area contributed by atoms with Crippen molar-refractivity contribution in [1.82, 2.24) is 4.90 Å². The minimum Gasteiger partial charge on any atom is -0.466 e. The molecule has 1 aliphatic carbocycles. The van der Waals surface area contributed by atoms with E-state index in [1.165, 1.54) is 32.8 Å². The van der Waals surface area contributed by atoms with Crippen LogP contribution in [0.2, 0.25) is 0 Å². The molecule has 4 nitrogen and oxygen atoms in total. The van der Waals surface area contributed by atoms with Gasteiger partial charge in [0.15, 0.2) is 0 Å². The third-order valence-electron chi connectivity index (χ3n) is 4.25. The maximum atomic E-state index is 11.6. The van der Waals surface area contributed by atoms with Gasteiger partial charge in [-0.25, -0.2) is 4.79 Å². The first-order valence-corrected chi connectivity index (χ1v) is 7.39. The molecule has 0 aromatic heterocycles. The summed E-state index contributed by atoms with van der Waals surface area (Å²) in [6.45, 7) is 4.61. The van der Waals surface area contributed by atoms with Gasteiger partial charge in [0.25, 0.3) is 0 Å². The highest BCUT2D eigenvalue weighted by molar-refractivity contribution is 5.88. The molecule has 0 bridgehead atoms. The van der Waals surface area contributed by atoms with Crippen LogP contribution in [0.25, 0.3) is 0 Å². The fourth-order valence-corrected chi connectivity index (χ4v) is 3.13. The Labute approximate surface area is 115 Å². The van der Waals surface area contributed by atoms with E-state index >= 15 is 0 Å². The van der Waals surface area contributed by atoms with Gasteiger partial charge in [-0.2, -0.15) is 0 Å². The molecule has 2 rings (SSSR count). The lowest BCUT2D eigenvalue weighted by Gasteiger charge is -2.43. The van der Waals surface area contributed by atoms with Crippen molar-refractivity contribution >= 4 is 5.97 Å². The van der Waals surface area contributed by atoms with Gasteiger partial charge >= 0.3 is 5.97 Å². The zero-order valence-corrected chi connectivity index (χ0v) is 12.1. The minimum atomic E-state index is -0.198. The van der Waals surface area contributed by atoms with E-state index in [4.69, 9.17) is 9.47 Å². The highest BCUT2D eigenvalue weighted by atomic mass is 16.5. The van der Waals surface area contributed by atoms with Crippen molar-refractivity contribution in [2.75, 3.05) is 26.8 Å². The average molecular weight is 267 g/mol. The van der Waals surface area contributed by atoms with E-state index in [0.29, 0.717) is 12.1 Å². The van der Waals surface area contributed by atoms with Crippen LogP contribution in [0, 0.1) is 0 Å². The Kier molecular flexibility index (Phi) is 5.40. The zero-order chi connectivity index (χ0) is 13.7. The topological polar surface area (TPSA) is 38.8 Å². The second-order valence-corrected chi connectivity index (χ2v) is 5.33. The molecule has 0 amide bonds. The normalized spacial score (nSPS) is 28.8. The van der Waals surface area contributed by atoms with Crippen LogP contribution >= 0.6 is 0 Å².